The summed E-state index contributed by atoms with van der Waals surface area (Å²) in [5, 5.41) is 3.03. The number of carbonyl (C=O) groups is 2. The molecular formula is C17H23BrN2O3. The van der Waals surface area contributed by atoms with Crippen LogP contribution in [0.25, 0.3) is 0 Å². The molecule has 1 aliphatic carbocycles. The van der Waals surface area contributed by atoms with Crippen molar-refractivity contribution < 1.29 is 14.0 Å². The SMILES string of the molecule is O=C(NC1CCN(C(=O)C2CCCCC2)CC1)c1coc(Br)c1. The van der Waals surface area contributed by atoms with Crippen molar-refractivity contribution in [2.75, 3.05) is 13.1 Å². The number of hydrogen-bond acceptors (Lipinski definition) is 3. The van der Waals surface area contributed by atoms with Crippen molar-refractivity contribution in [3.8, 4) is 0 Å². The Morgan fingerprint density at radius 1 is 1.13 bits per heavy atom. The highest BCUT2D eigenvalue weighted by Gasteiger charge is 2.29. The first-order chi connectivity index (χ1) is 11.1. The number of nitrogens with zero attached hydrogens (tertiary/aromatic N) is 1. The Kier molecular flexibility index (Phi) is 5.41. The minimum atomic E-state index is -0.114. The topological polar surface area (TPSA) is 62.6 Å². The number of carbonyl (C=O) groups excluding carboxylic acids is 2. The van der Waals surface area contributed by atoms with Crippen LogP contribution in [0.4, 0.5) is 0 Å². The van der Waals surface area contributed by atoms with Gasteiger partial charge >= 0.3 is 0 Å². The number of nitrogens with one attached hydrogen (secondary N) is 1. The van der Waals surface area contributed by atoms with Crippen molar-refractivity contribution >= 4 is 27.7 Å². The molecule has 0 bridgehead atoms. The third-order valence-electron chi connectivity index (χ3n) is 4.93. The van der Waals surface area contributed by atoms with Gasteiger partial charge in [0.1, 0.15) is 6.26 Å². The summed E-state index contributed by atoms with van der Waals surface area (Å²) in [6.07, 6.45) is 8.82. The largest absolute Gasteiger partial charge is 0.457 e. The second kappa shape index (κ2) is 7.51. The molecule has 0 radical (unpaired) electrons. The second-order valence-corrected chi connectivity index (χ2v) is 7.33. The van der Waals surface area contributed by atoms with Crippen molar-refractivity contribution in [3.63, 3.8) is 0 Å². The van der Waals surface area contributed by atoms with E-state index in [1.54, 1.807) is 6.07 Å². The summed E-state index contributed by atoms with van der Waals surface area (Å²) >= 11 is 3.20. The average molecular weight is 383 g/mol. The molecule has 126 valence electrons. The van der Waals surface area contributed by atoms with Gasteiger partial charge < -0.3 is 14.6 Å². The minimum Gasteiger partial charge on any atom is -0.457 e. The first kappa shape index (κ1) is 16.6. The van der Waals surface area contributed by atoms with Gasteiger partial charge in [-0.1, -0.05) is 19.3 Å². The number of piperidine rings is 1. The van der Waals surface area contributed by atoms with Crippen molar-refractivity contribution in [2.24, 2.45) is 5.92 Å². The summed E-state index contributed by atoms with van der Waals surface area (Å²) in [6, 6.07) is 1.79. The molecule has 0 unspecified atom stereocenters. The molecule has 0 atom stereocenters. The highest BCUT2D eigenvalue weighted by Crippen LogP contribution is 2.26. The summed E-state index contributed by atoms with van der Waals surface area (Å²) in [7, 11) is 0. The van der Waals surface area contributed by atoms with E-state index in [0.29, 0.717) is 16.1 Å². The Hall–Kier alpha value is -1.30. The van der Waals surface area contributed by atoms with Crippen LogP contribution in [0, 0.1) is 5.92 Å². The van der Waals surface area contributed by atoms with Crippen LogP contribution in [0.3, 0.4) is 0 Å². The predicted octanol–water partition coefficient (Wildman–Crippen LogP) is 3.34. The molecule has 1 saturated heterocycles. The highest BCUT2D eigenvalue weighted by atomic mass is 79.9. The van der Waals surface area contributed by atoms with E-state index >= 15 is 0 Å². The Labute approximate surface area is 144 Å². The van der Waals surface area contributed by atoms with Crippen molar-refractivity contribution in [1.82, 2.24) is 10.2 Å². The molecular weight excluding hydrogens is 360 g/mol. The molecule has 2 fully saturated rings. The molecule has 1 aromatic heterocycles. The van der Waals surface area contributed by atoms with E-state index in [-0.39, 0.29) is 17.9 Å². The van der Waals surface area contributed by atoms with Crippen LogP contribution in [0.1, 0.15) is 55.3 Å². The lowest BCUT2D eigenvalue weighted by molar-refractivity contribution is -0.137. The molecule has 2 heterocycles. The molecule has 1 N–H and O–H groups in total. The van der Waals surface area contributed by atoms with E-state index in [1.807, 2.05) is 4.90 Å². The molecule has 0 spiro atoms. The lowest BCUT2D eigenvalue weighted by Gasteiger charge is -2.35. The molecule has 0 aromatic carbocycles. The molecule has 6 heteroatoms. The van der Waals surface area contributed by atoms with Gasteiger partial charge in [0.05, 0.1) is 5.56 Å². The van der Waals surface area contributed by atoms with Gasteiger partial charge in [0.2, 0.25) is 5.91 Å². The lowest BCUT2D eigenvalue weighted by atomic mass is 9.87. The first-order valence-electron chi connectivity index (χ1n) is 8.47. The maximum absolute atomic E-state index is 12.5. The highest BCUT2D eigenvalue weighted by molar-refractivity contribution is 9.10. The monoisotopic (exact) mass is 382 g/mol. The summed E-state index contributed by atoms with van der Waals surface area (Å²) in [5.74, 6) is 0.447. The van der Waals surface area contributed by atoms with Crippen LogP contribution in [-0.4, -0.2) is 35.8 Å². The minimum absolute atomic E-state index is 0.114. The van der Waals surface area contributed by atoms with Crippen LogP contribution in [0.5, 0.6) is 0 Å². The van der Waals surface area contributed by atoms with E-state index in [0.717, 1.165) is 38.8 Å². The van der Waals surface area contributed by atoms with Gasteiger partial charge in [-0.05, 0) is 41.6 Å². The van der Waals surface area contributed by atoms with Crippen LogP contribution >= 0.6 is 15.9 Å². The van der Waals surface area contributed by atoms with Gasteiger partial charge in [0.25, 0.3) is 5.91 Å². The zero-order chi connectivity index (χ0) is 16.2. The quantitative estimate of drug-likeness (QED) is 0.871. The molecule has 1 aliphatic heterocycles. The lowest BCUT2D eigenvalue weighted by Crippen LogP contribution is -2.48. The van der Waals surface area contributed by atoms with Gasteiger partial charge in [-0.3, -0.25) is 9.59 Å². The maximum Gasteiger partial charge on any atom is 0.254 e. The maximum atomic E-state index is 12.5. The Bertz CT molecular complexity index is 558. The molecule has 3 rings (SSSR count). The fourth-order valence-electron chi connectivity index (χ4n) is 3.55. The Morgan fingerprint density at radius 2 is 1.83 bits per heavy atom. The number of amides is 2. The summed E-state index contributed by atoms with van der Waals surface area (Å²) in [6.45, 7) is 1.49. The van der Waals surface area contributed by atoms with Crippen molar-refractivity contribution in [1.29, 1.82) is 0 Å². The van der Waals surface area contributed by atoms with Crippen molar-refractivity contribution in [3.05, 3.63) is 22.6 Å². The fraction of sp³-hybridized carbons (Fsp3) is 0.647. The molecule has 2 amide bonds. The molecule has 1 aromatic rings. The van der Waals surface area contributed by atoms with E-state index in [1.165, 1.54) is 25.5 Å². The number of rotatable bonds is 3. The third-order valence-corrected chi connectivity index (χ3v) is 5.34. The Morgan fingerprint density at radius 3 is 2.43 bits per heavy atom. The number of halogens is 1. The van der Waals surface area contributed by atoms with Gasteiger partial charge in [0, 0.05) is 31.1 Å². The molecule has 2 aliphatic rings. The molecule has 5 nitrogen and oxygen atoms in total. The van der Waals surface area contributed by atoms with E-state index in [9.17, 15) is 9.59 Å². The van der Waals surface area contributed by atoms with Crippen LogP contribution in [-0.2, 0) is 4.79 Å². The van der Waals surface area contributed by atoms with E-state index < -0.39 is 0 Å². The zero-order valence-corrected chi connectivity index (χ0v) is 14.8. The van der Waals surface area contributed by atoms with Crippen LogP contribution in [0.15, 0.2) is 21.4 Å². The first-order valence-corrected chi connectivity index (χ1v) is 9.26. The smallest absolute Gasteiger partial charge is 0.254 e. The van der Waals surface area contributed by atoms with Crippen LogP contribution in [0.2, 0.25) is 0 Å². The van der Waals surface area contributed by atoms with Crippen molar-refractivity contribution in [2.45, 2.75) is 51.0 Å². The third kappa shape index (κ3) is 4.16. The average Bonchev–Trinajstić information content (AvgIpc) is 3.02. The predicted molar refractivity (Wildman–Crippen MR) is 90.1 cm³/mol. The van der Waals surface area contributed by atoms with E-state index in [2.05, 4.69) is 21.2 Å². The van der Waals surface area contributed by atoms with E-state index in [4.69, 9.17) is 4.42 Å². The standard InChI is InChI=1S/C17H23BrN2O3/c18-15-10-13(11-23-15)16(21)19-14-6-8-20(9-7-14)17(22)12-4-2-1-3-5-12/h10-12,14H,1-9H2,(H,19,21). The number of likely N-dealkylation sites (tertiary alicyclic amines) is 1. The number of furan rings is 1. The second-order valence-electron chi connectivity index (χ2n) is 6.55. The van der Waals surface area contributed by atoms with Crippen LogP contribution < -0.4 is 5.32 Å². The fourth-order valence-corrected chi connectivity index (χ4v) is 3.89. The zero-order valence-electron chi connectivity index (χ0n) is 13.2. The van der Waals surface area contributed by atoms with Gasteiger partial charge in [0.15, 0.2) is 4.67 Å². The summed E-state index contributed by atoms with van der Waals surface area (Å²) in [5.41, 5.74) is 0.526. The Balaban J connectivity index is 1.46. The normalized spacial score (nSPS) is 20.5. The molecule has 1 saturated carbocycles. The molecule has 23 heavy (non-hydrogen) atoms. The summed E-state index contributed by atoms with van der Waals surface area (Å²) in [4.78, 5) is 26.6. The number of hydrogen-bond donors (Lipinski definition) is 1. The summed E-state index contributed by atoms with van der Waals surface area (Å²) < 4.78 is 5.64. The van der Waals surface area contributed by atoms with Gasteiger partial charge in [-0.2, -0.15) is 0 Å². The van der Waals surface area contributed by atoms with Gasteiger partial charge in [-0.25, -0.2) is 0 Å². The van der Waals surface area contributed by atoms with Gasteiger partial charge in [-0.15, -0.1) is 0 Å².